The molecular formula is C18H33N3O2. The number of benzene rings is 1. The second-order valence-electron chi connectivity index (χ2n) is 5.95. The topological polar surface area (TPSA) is 45.8 Å². The first kappa shape index (κ1) is 19.7. The Kier molecular flexibility index (Phi) is 10.4. The first-order chi connectivity index (χ1) is 11.2. The van der Waals surface area contributed by atoms with Gasteiger partial charge in [0.05, 0.1) is 14.2 Å². The van der Waals surface area contributed by atoms with Gasteiger partial charge < -0.3 is 25.0 Å². The summed E-state index contributed by atoms with van der Waals surface area (Å²) in [7, 11) is 7.56. The molecule has 1 aromatic rings. The van der Waals surface area contributed by atoms with E-state index in [1.54, 1.807) is 14.2 Å². The van der Waals surface area contributed by atoms with Crippen molar-refractivity contribution < 1.29 is 9.47 Å². The molecule has 132 valence electrons. The maximum atomic E-state index is 5.33. The lowest BCUT2D eigenvalue weighted by atomic mass is 10.1. The average molecular weight is 323 g/mol. The van der Waals surface area contributed by atoms with Crippen LogP contribution in [0.1, 0.15) is 18.4 Å². The van der Waals surface area contributed by atoms with Crippen LogP contribution in [0.3, 0.4) is 0 Å². The van der Waals surface area contributed by atoms with Gasteiger partial charge in [-0.15, -0.1) is 0 Å². The Morgan fingerprint density at radius 1 is 0.870 bits per heavy atom. The van der Waals surface area contributed by atoms with E-state index in [0.717, 1.165) is 57.1 Å². The van der Waals surface area contributed by atoms with E-state index in [2.05, 4.69) is 35.7 Å². The zero-order valence-electron chi connectivity index (χ0n) is 15.2. The molecule has 0 saturated carbocycles. The predicted molar refractivity (Wildman–Crippen MR) is 96.8 cm³/mol. The van der Waals surface area contributed by atoms with Crippen molar-refractivity contribution in [1.82, 2.24) is 15.5 Å². The van der Waals surface area contributed by atoms with Gasteiger partial charge in [0, 0.05) is 0 Å². The predicted octanol–water partition coefficient (Wildman–Crippen LogP) is 1.77. The molecule has 0 aliphatic carbocycles. The molecule has 0 unspecified atom stereocenters. The van der Waals surface area contributed by atoms with E-state index in [4.69, 9.17) is 9.47 Å². The second kappa shape index (κ2) is 12.2. The number of hydrogen-bond acceptors (Lipinski definition) is 5. The van der Waals surface area contributed by atoms with Crippen LogP contribution in [0.5, 0.6) is 11.5 Å². The molecule has 1 rings (SSSR count). The van der Waals surface area contributed by atoms with E-state index in [1.165, 1.54) is 12.0 Å². The highest BCUT2D eigenvalue weighted by Crippen LogP contribution is 2.27. The molecule has 0 fully saturated rings. The van der Waals surface area contributed by atoms with Crippen molar-refractivity contribution in [3.05, 3.63) is 23.8 Å². The fourth-order valence-corrected chi connectivity index (χ4v) is 2.38. The molecule has 5 nitrogen and oxygen atoms in total. The smallest absolute Gasteiger partial charge is 0.160 e. The van der Waals surface area contributed by atoms with Crippen LogP contribution in [0, 0.1) is 0 Å². The van der Waals surface area contributed by atoms with Crippen molar-refractivity contribution in [2.24, 2.45) is 0 Å². The van der Waals surface area contributed by atoms with Crippen LogP contribution in [0.15, 0.2) is 18.2 Å². The summed E-state index contributed by atoms with van der Waals surface area (Å²) < 4.78 is 10.6. The molecular weight excluding hydrogens is 290 g/mol. The standard InChI is InChI=1S/C18H33N3O2/c1-21(2)14-6-12-19-10-5-11-20-13-9-16-7-8-17(22-3)18(15-16)23-4/h7-8,15,19-20H,5-6,9-14H2,1-4H3. The number of ether oxygens (including phenoxy) is 2. The third-order valence-corrected chi connectivity index (χ3v) is 3.70. The van der Waals surface area contributed by atoms with E-state index < -0.39 is 0 Å². The van der Waals surface area contributed by atoms with Crippen molar-refractivity contribution in [1.29, 1.82) is 0 Å². The van der Waals surface area contributed by atoms with Crippen LogP contribution >= 0.6 is 0 Å². The van der Waals surface area contributed by atoms with E-state index in [-0.39, 0.29) is 0 Å². The van der Waals surface area contributed by atoms with Gasteiger partial charge in [0.2, 0.25) is 0 Å². The number of hydrogen-bond donors (Lipinski definition) is 2. The third-order valence-electron chi connectivity index (χ3n) is 3.70. The minimum Gasteiger partial charge on any atom is -0.493 e. The van der Waals surface area contributed by atoms with Crippen molar-refractivity contribution >= 4 is 0 Å². The van der Waals surface area contributed by atoms with E-state index >= 15 is 0 Å². The normalized spacial score (nSPS) is 11.0. The summed E-state index contributed by atoms with van der Waals surface area (Å²) in [6, 6.07) is 6.11. The van der Waals surface area contributed by atoms with Crippen LogP contribution in [0.25, 0.3) is 0 Å². The molecule has 0 radical (unpaired) electrons. The monoisotopic (exact) mass is 323 g/mol. The van der Waals surface area contributed by atoms with Gasteiger partial charge in [0.1, 0.15) is 0 Å². The maximum Gasteiger partial charge on any atom is 0.160 e. The highest BCUT2D eigenvalue weighted by molar-refractivity contribution is 5.42. The molecule has 0 amide bonds. The van der Waals surface area contributed by atoms with Crippen LogP contribution in [-0.2, 0) is 6.42 Å². The van der Waals surface area contributed by atoms with Crippen LogP contribution in [0.4, 0.5) is 0 Å². The van der Waals surface area contributed by atoms with E-state index in [9.17, 15) is 0 Å². The molecule has 0 bridgehead atoms. The zero-order valence-corrected chi connectivity index (χ0v) is 15.2. The Hall–Kier alpha value is -1.30. The van der Waals surface area contributed by atoms with E-state index in [1.807, 2.05) is 12.1 Å². The lowest BCUT2D eigenvalue weighted by molar-refractivity contribution is 0.354. The highest BCUT2D eigenvalue weighted by Gasteiger charge is 2.04. The maximum absolute atomic E-state index is 5.33. The summed E-state index contributed by atoms with van der Waals surface area (Å²) in [5.41, 5.74) is 1.26. The Balaban J connectivity index is 2.05. The van der Waals surface area contributed by atoms with Crippen molar-refractivity contribution in [2.45, 2.75) is 19.3 Å². The van der Waals surface area contributed by atoms with Gasteiger partial charge in [-0.1, -0.05) is 6.07 Å². The molecule has 0 atom stereocenters. The lowest BCUT2D eigenvalue weighted by Gasteiger charge is -2.11. The van der Waals surface area contributed by atoms with Gasteiger partial charge >= 0.3 is 0 Å². The van der Waals surface area contributed by atoms with Crippen molar-refractivity contribution in [2.75, 3.05) is 61.0 Å². The van der Waals surface area contributed by atoms with Crippen molar-refractivity contribution in [3.8, 4) is 11.5 Å². The number of nitrogens with one attached hydrogen (secondary N) is 2. The number of nitrogens with zero attached hydrogens (tertiary/aromatic N) is 1. The Morgan fingerprint density at radius 2 is 1.52 bits per heavy atom. The molecule has 0 aliphatic heterocycles. The molecule has 0 aromatic heterocycles. The lowest BCUT2D eigenvalue weighted by Crippen LogP contribution is -2.25. The second-order valence-corrected chi connectivity index (χ2v) is 5.95. The van der Waals surface area contributed by atoms with E-state index in [0.29, 0.717) is 0 Å². The number of methoxy groups -OCH3 is 2. The SMILES string of the molecule is COc1ccc(CCNCCCNCCCN(C)C)cc1OC. The summed E-state index contributed by atoms with van der Waals surface area (Å²) in [5, 5.41) is 6.97. The minimum absolute atomic E-state index is 0.782. The summed E-state index contributed by atoms with van der Waals surface area (Å²) in [6.07, 6.45) is 3.37. The summed E-state index contributed by atoms with van der Waals surface area (Å²) in [4.78, 5) is 2.22. The average Bonchev–Trinajstić information content (AvgIpc) is 2.56. The van der Waals surface area contributed by atoms with Gasteiger partial charge in [0.25, 0.3) is 0 Å². The first-order valence-electron chi connectivity index (χ1n) is 8.44. The molecule has 0 heterocycles. The first-order valence-corrected chi connectivity index (χ1v) is 8.44. The van der Waals surface area contributed by atoms with Gasteiger partial charge in [-0.2, -0.15) is 0 Å². The largest absolute Gasteiger partial charge is 0.493 e. The van der Waals surface area contributed by atoms with Gasteiger partial charge in [0.15, 0.2) is 11.5 Å². The minimum atomic E-state index is 0.782. The molecule has 2 N–H and O–H groups in total. The van der Waals surface area contributed by atoms with Gasteiger partial charge in [-0.3, -0.25) is 0 Å². The summed E-state index contributed by atoms with van der Waals surface area (Å²) >= 11 is 0. The van der Waals surface area contributed by atoms with Crippen LogP contribution in [0.2, 0.25) is 0 Å². The van der Waals surface area contributed by atoms with Crippen LogP contribution in [-0.4, -0.2) is 65.9 Å². The fraction of sp³-hybridized carbons (Fsp3) is 0.667. The zero-order chi connectivity index (χ0) is 16.9. The quantitative estimate of drug-likeness (QED) is 0.542. The Morgan fingerprint density at radius 3 is 2.17 bits per heavy atom. The van der Waals surface area contributed by atoms with Crippen molar-refractivity contribution in [3.63, 3.8) is 0 Å². The van der Waals surface area contributed by atoms with Gasteiger partial charge in [-0.25, -0.2) is 0 Å². The fourth-order valence-electron chi connectivity index (χ4n) is 2.38. The highest BCUT2D eigenvalue weighted by atomic mass is 16.5. The Labute approximate surface area is 141 Å². The molecule has 0 spiro atoms. The molecule has 23 heavy (non-hydrogen) atoms. The summed E-state index contributed by atoms with van der Waals surface area (Å²) in [5.74, 6) is 1.58. The van der Waals surface area contributed by atoms with Crippen LogP contribution < -0.4 is 20.1 Å². The molecule has 0 aliphatic rings. The number of rotatable bonds is 13. The Bertz CT molecular complexity index is 425. The third kappa shape index (κ3) is 8.79. The summed E-state index contributed by atoms with van der Waals surface area (Å²) in [6.45, 7) is 5.36. The molecule has 0 saturated heterocycles. The molecule has 5 heteroatoms. The van der Waals surface area contributed by atoms with Gasteiger partial charge in [-0.05, 0) is 83.8 Å². The molecule has 1 aromatic carbocycles.